The van der Waals surface area contributed by atoms with Crippen LogP contribution in [-0.4, -0.2) is 33.8 Å². The molecular formula is C18H17N3O3. The molecule has 24 heavy (non-hydrogen) atoms. The van der Waals surface area contributed by atoms with Crippen molar-refractivity contribution in [1.29, 1.82) is 0 Å². The number of benzene rings is 2. The molecule has 6 nitrogen and oxygen atoms in total. The topological polar surface area (TPSA) is 88.2 Å². The molecule has 0 unspecified atom stereocenters. The van der Waals surface area contributed by atoms with E-state index in [4.69, 9.17) is 4.52 Å². The Morgan fingerprint density at radius 2 is 1.88 bits per heavy atom. The lowest BCUT2D eigenvalue weighted by Crippen LogP contribution is -2.39. The van der Waals surface area contributed by atoms with Crippen LogP contribution in [0.3, 0.4) is 0 Å². The second kappa shape index (κ2) is 7.52. The van der Waals surface area contributed by atoms with Gasteiger partial charge in [-0.1, -0.05) is 47.6 Å². The Morgan fingerprint density at radius 1 is 1.12 bits per heavy atom. The number of carbonyl (C=O) groups is 1. The minimum atomic E-state index is -0.336. The van der Waals surface area contributed by atoms with Gasteiger partial charge in [-0.05, 0) is 24.1 Å². The smallest absolute Gasteiger partial charge is 0.251 e. The van der Waals surface area contributed by atoms with E-state index >= 15 is 0 Å². The predicted octanol–water partition coefficient (Wildman–Crippen LogP) is 2.07. The van der Waals surface area contributed by atoms with Gasteiger partial charge in [0.15, 0.2) is 0 Å². The van der Waals surface area contributed by atoms with Crippen LogP contribution in [0.25, 0.3) is 11.4 Å². The summed E-state index contributed by atoms with van der Waals surface area (Å²) in [5, 5.41) is 16.1. The second-order valence-electron chi connectivity index (χ2n) is 5.37. The Morgan fingerprint density at radius 3 is 2.50 bits per heavy atom. The normalized spacial score (nSPS) is 11.9. The van der Waals surface area contributed by atoms with Gasteiger partial charge in [-0.2, -0.15) is 4.98 Å². The zero-order chi connectivity index (χ0) is 16.8. The van der Waals surface area contributed by atoms with Crippen LogP contribution in [0.1, 0.15) is 15.9 Å². The highest BCUT2D eigenvalue weighted by Gasteiger charge is 2.14. The standard InChI is InChI=1S/C18H17N3O3/c22-11-16(10-13-4-2-1-3-5-13)20-18(23)15-8-6-14(7-9-15)17-19-12-24-21-17/h1-9,12,16,22H,10-11H2,(H,20,23)/t16-/m0/s1. The maximum Gasteiger partial charge on any atom is 0.251 e. The third-order valence-electron chi connectivity index (χ3n) is 3.65. The van der Waals surface area contributed by atoms with Crippen LogP contribution < -0.4 is 5.32 Å². The summed E-state index contributed by atoms with van der Waals surface area (Å²) in [4.78, 5) is 16.3. The highest BCUT2D eigenvalue weighted by atomic mass is 16.5. The minimum absolute atomic E-state index is 0.123. The van der Waals surface area contributed by atoms with Crippen molar-refractivity contribution in [3.05, 3.63) is 72.1 Å². The van der Waals surface area contributed by atoms with E-state index in [9.17, 15) is 9.90 Å². The predicted molar refractivity (Wildman–Crippen MR) is 88.2 cm³/mol. The number of hydrogen-bond acceptors (Lipinski definition) is 5. The molecule has 1 atom stereocenters. The zero-order valence-electron chi connectivity index (χ0n) is 12.9. The van der Waals surface area contributed by atoms with Crippen molar-refractivity contribution in [1.82, 2.24) is 15.5 Å². The van der Waals surface area contributed by atoms with Gasteiger partial charge in [0.05, 0.1) is 12.6 Å². The highest BCUT2D eigenvalue weighted by Crippen LogP contribution is 2.15. The summed E-state index contributed by atoms with van der Waals surface area (Å²) < 4.78 is 4.70. The molecule has 3 aromatic rings. The monoisotopic (exact) mass is 323 g/mol. The fraction of sp³-hybridized carbons (Fsp3) is 0.167. The third kappa shape index (κ3) is 3.85. The molecule has 0 saturated heterocycles. The fourth-order valence-corrected chi connectivity index (χ4v) is 2.40. The van der Waals surface area contributed by atoms with Crippen molar-refractivity contribution in [2.75, 3.05) is 6.61 Å². The lowest BCUT2D eigenvalue weighted by Gasteiger charge is -2.16. The summed E-state index contributed by atoms with van der Waals surface area (Å²) in [6.07, 6.45) is 1.83. The van der Waals surface area contributed by atoms with E-state index < -0.39 is 0 Å². The average molecular weight is 323 g/mol. The number of aliphatic hydroxyl groups is 1. The number of rotatable bonds is 6. The Kier molecular flexibility index (Phi) is 4.98. The van der Waals surface area contributed by atoms with Gasteiger partial charge in [-0.25, -0.2) is 0 Å². The molecule has 2 aromatic carbocycles. The number of amides is 1. The number of aromatic nitrogens is 2. The molecule has 0 aliphatic rings. The van der Waals surface area contributed by atoms with Crippen molar-refractivity contribution < 1.29 is 14.4 Å². The van der Waals surface area contributed by atoms with E-state index in [1.54, 1.807) is 24.3 Å². The number of carbonyl (C=O) groups excluding carboxylic acids is 1. The van der Waals surface area contributed by atoms with E-state index in [0.29, 0.717) is 17.8 Å². The number of nitrogens with zero attached hydrogens (tertiary/aromatic N) is 2. The van der Waals surface area contributed by atoms with Gasteiger partial charge in [-0.3, -0.25) is 4.79 Å². The van der Waals surface area contributed by atoms with Gasteiger partial charge < -0.3 is 14.9 Å². The molecule has 0 spiro atoms. The second-order valence-corrected chi connectivity index (χ2v) is 5.37. The van der Waals surface area contributed by atoms with Gasteiger partial charge in [0.25, 0.3) is 5.91 Å². The summed E-state index contributed by atoms with van der Waals surface area (Å²) >= 11 is 0. The SMILES string of the molecule is O=C(N[C@H](CO)Cc1ccccc1)c1ccc(-c2ncon2)cc1. The first-order chi connectivity index (χ1) is 11.8. The van der Waals surface area contributed by atoms with E-state index in [2.05, 4.69) is 15.5 Å². The van der Waals surface area contributed by atoms with Gasteiger partial charge in [0, 0.05) is 11.1 Å². The van der Waals surface area contributed by atoms with E-state index in [0.717, 1.165) is 11.1 Å². The van der Waals surface area contributed by atoms with Crippen molar-refractivity contribution in [2.45, 2.75) is 12.5 Å². The van der Waals surface area contributed by atoms with Gasteiger partial charge in [0.1, 0.15) is 0 Å². The van der Waals surface area contributed by atoms with Crippen LogP contribution in [0, 0.1) is 0 Å². The highest BCUT2D eigenvalue weighted by molar-refractivity contribution is 5.94. The largest absolute Gasteiger partial charge is 0.394 e. The molecule has 0 aliphatic heterocycles. The Balaban J connectivity index is 1.65. The van der Waals surface area contributed by atoms with Crippen LogP contribution in [-0.2, 0) is 6.42 Å². The lowest BCUT2D eigenvalue weighted by atomic mass is 10.1. The number of nitrogens with one attached hydrogen (secondary N) is 1. The van der Waals surface area contributed by atoms with Crippen molar-refractivity contribution in [3.63, 3.8) is 0 Å². The molecule has 1 heterocycles. The molecule has 3 rings (SSSR count). The summed E-state index contributed by atoms with van der Waals surface area (Å²) in [5.41, 5.74) is 2.33. The molecular weight excluding hydrogens is 306 g/mol. The fourth-order valence-electron chi connectivity index (χ4n) is 2.40. The van der Waals surface area contributed by atoms with Crippen LogP contribution >= 0.6 is 0 Å². The quantitative estimate of drug-likeness (QED) is 0.725. The van der Waals surface area contributed by atoms with Crippen molar-refractivity contribution in [3.8, 4) is 11.4 Å². The molecule has 0 bridgehead atoms. The molecule has 0 fully saturated rings. The lowest BCUT2D eigenvalue weighted by molar-refractivity contribution is 0.0916. The van der Waals surface area contributed by atoms with Crippen molar-refractivity contribution >= 4 is 5.91 Å². The molecule has 0 aliphatic carbocycles. The molecule has 0 saturated carbocycles. The molecule has 6 heteroatoms. The minimum Gasteiger partial charge on any atom is -0.394 e. The Bertz CT molecular complexity index is 771. The summed E-state index contributed by atoms with van der Waals surface area (Å²) in [6, 6.07) is 16.3. The maximum atomic E-state index is 12.3. The maximum absolute atomic E-state index is 12.3. The molecule has 1 amide bonds. The van der Waals surface area contributed by atoms with Crippen LogP contribution in [0.5, 0.6) is 0 Å². The molecule has 1 aromatic heterocycles. The third-order valence-corrected chi connectivity index (χ3v) is 3.65. The number of hydrogen-bond donors (Lipinski definition) is 2. The van der Waals surface area contributed by atoms with Gasteiger partial charge in [0.2, 0.25) is 12.2 Å². The first-order valence-electron chi connectivity index (χ1n) is 7.58. The Hall–Kier alpha value is -2.99. The van der Waals surface area contributed by atoms with Crippen molar-refractivity contribution in [2.24, 2.45) is 0 Å². The van der Waals surface area contributed by atoms with Gasteiger partial charge in [-0.15, -0.1) is 0 Å². The number of aliphatic hydroxyl groups excluding tert-OH is 1. The van der Waals surface area contributed by atoms with Crippen LogP contribution in [0.4, 0.5) is 0 Å². The van der Waals surface area contributed by atoms with E-state index in [1.165, 1.54) is 6.39 Å². The summed E-state index contributed by atoms with van der Waals surface area (Å²) in [7, 11) is 0. The summed E-state index contributed by atoms with van der Waals surface area (Å²) in [5.74, 6) is 0.240. The molecule has 122 valence electrons. The average Bonchev–Trinajstić information content (AvgIpc) is 3.17. The van der Waals surface area contributed by atoms with Crippen LogP contribution in [0.2, 0.25) is 0 Å². The summed E-state index contributed by atoms with van der Waals surface area (Å²) in [6.45, 7) is -0.123. The van der Waals surface area contributed by atoms with E-state index in [-0.39, 0.29) is 18.6 Å². The first-order valence-corrected chi connectivity index (χ1v) is 7.58. The van der Waals surface area contributed by atoms with Crippen LogP contribution in [0.15, 0.2) is 65.5 Å². The molecule has 0 radical (unpaired) electrons. The van der Waals surface area contributed by atoms with E-state index in [1.807, 2.05) is 30.3 Å². The zero-order valence-corrected chi connectivity index (χ0v) is 12.9. The Labute approximate surface area is 139 Å². The molecule has 2 N–H and O–H groups in total. The van der Waals surface area contributed by atoms with Gasteiger partial charge >= 0.3 is 0 Å². The first kappa shape index (κ1) is 15.9.